The predicted molar refractivity (Wildman–Crippen MR) is 129 cm³/mol. The number of benzene rings is 2. The molecular formula is C25H26FN3O3S. The second-order valence-electron chi connectivity index (χ2n) is 8.64. The number of likely N-dealkylation sites (tertiary alicyclic amines) is 1. The van der Waals surface area contributed by atoms with E-state index in [0.717, 1.165) is 46.9 Å². The van der Waals surface area contributed by atoms with E-state index >= 15 is 0 Å². The van der Waals surface area contributed by atoms with E-state index in [9.17, 15) is 14.3 Å². The van der Waals surface area contributed by atoms with Crippen molar-refractivity contribution in [1.29, 1.82) is 0 Å². The zero-order valence-electron chi connectivity index (χ0n) is 18.1. The molecule has 0 radical (unpaired) electrons. The predicted octanol–water partition coefficient (Wildman–Crippen LogP) is 4.24. The van der Waals surface area contributed by atoms with E-state index in [-0.39, 0.29) is 12.4 Å². The summed E-state index contributed by atoms with van der Waals surface area (Å²) in [4.78, 5) is 18.0. The molecule has 0 unspecified atom stereocenters. The number of hydrogen-bond acceptors (Lipinski definition) is 5. The largest absolute Gasteiger partial charge is 0.490 e. The number of piperidine rings is 1. The van der Waals surface area contributed by atoms with Crippen molar-refractivity contribution >= 4 is 38.2 Å². The van der Waals surface area contributed by atoms with Gasteiger partial charge in [0.05, 0.1) is 0 Å². The fourth-order valence-electron chi connectivity index (χ4n) is 4.55. The topological polar surface area (TPSA) is 91.6 Å². The van der Waals surface area contributed by atoms with E-state index in [0.29, 0.717) is 23.9 Å². The Balaban J connectivity index is 1.14. The summed E-state index contributed by atoms with van der Waals surface area (Å²) in [7, 11) is 0. The zero-order chi connectivity index (χ0) is 22.9. The molecule has 2 aromatic carbocycles. The molecule has 1 amide bonds. The van der Waals surface area contributed by atoms with Crippen molar-refractivity contribution < 1.29 is 19.0 Å². The Labute approximate surface area is 194 Å². The second kappa shape index (κ2) is 9.13. The highest BCUT2D eigenvalue weighted by Gasteiger charge is 2.24. The molecule has 8 heteroatoms. The molecule has 6 nitrogen and oxygen atoms in total. The lowest BCUT2D eigenvalue weighted by Gasteiger charge is -2.32. The van der Waals surface area contributed by atoms with Gasteiger partial charge in [-0.15, -0.1) is 11.3 Å². The summed E-state index contributed by atoms with van der Waals surface area (Å²) in [5, 5.41) is 12.4. The van der Waals surface area contributed by atoms with Crippen LogP contribution in [0.5, 0.6) is 5.75 Å². The van der Waals surface area contributed by atoms with Crippen LogP contribution in [-0.4, -0.2) is 53.2 Å². The zero-order valence-corrected chi connectivity index (χ0v) is 18.9. The maximum atomic E-state index is 13.5. The number of fused-ring (bicyclic) bond motifs is 2. The number of β-amino-alcohol motifs (C(OH)–C–C–N with tert-alkyl or cyclic N) is 1. The molecule has 2 aromatic heterocycles. The molecule has 0 saturated carbocycles. The first kappa shape index (κ1) is 21.9. The fraction of sp³-hybridized carbons (Fsp3) is 0.320. The Kier molecular flexibility index (Phi) is 6.05. The second-order valence-corrected chi connectivity index (χ2v) is 9.75. The van der Waals surface area contributed by atoms with Crippen LogP contribution in [0.4, 0.5) is 4.39 Å². The first-order valence-electron chi connectivity index (χ1n) is 11.1. The smallest absolute Gasteiger partial charge is 0.265 e. The number of nitrogens with two attached hydrogens (primary N) is 1. The molecule has 1 aliphatic heterocycles. The minimum Gasteiger partial charge on any atom is -0.490 e. The van der Waals surface area contributed by atoms with Gasteiger partial charge in [0.2, 0.25) is 0 Å². The summed E-state index contributed by atoms with van der Waals surface area (Å²) in [5.41, 5.74) is 6.45. The van der Waals surface area contributed by atoms with Crippen LogP contribution in [0, 0.1) is 5.82 Å². The van der Waals surface area contributed by atoms with Gasteiger partial charge in [-0.2, -0.15) is 0 Å². The van der Waals surface area contributed by atoms with Gasteiger partial charge in [-0.25, -0.2) is 4.39 Å². The quantitative estimate of drug-likeness (QED) is 0.379. The number of ether oxygens (including phenoxy) is 1. The molecule has 0 bridgehead atoms. The van der Waals surface area contributed by atoms with Crippen molar-refractivity contribution in [1.82, 2.24) is 9.88 Å². The number of hydrogen-bond donors (Lipinski definition) is 3. The highest BCUT2D eigenvalue weighted by Crippen LogP contribution is 2.36. The van der Waals surface area contributed by atoms with Crippen molar-refractivity contribution in [3.05, 3.63) is 64.9 Å². The van der Waals surface area contributed by atoms with Gasteiger partial charge in [-0.1, -0.05) is 12.1 Å². The average molecular weight is 468 g/mol. The number of aliphatic hydroxyl groups excluding tert-OH is 1. The van der Waals surface area contributed by atoms with Gasteiger partial charge in [0.25, 0.3) is 5.91 Å². The normalized spacial score (nSPS) is 16.4. The first-order chi connectivity index (χ1) is 16.0. The van der Waals surface area contributed by atoms with Crippen molar-refractivity contribution in [2.45, 2.75) is 24.9 Å². The van der Waals surface area contributed by atoms with Crippen molar-refractivity contribution in [2.24, 2.45) is 5.73 Å². The SMILES string of the molecule is NC(=O)c1cc2c(OC[C@@H](O)CN3CCC(c4cc5ccc(F)cc5s4)CC3)cccc2[nH]1. The highest BCUT2D eigenvalue weighted by atomic mass is 32.1. The number of carbonyl (C=O) groups excluding carboxylic acids is 1. The number of amides is 1. The van der Waals surface area contributed by atoms with E-state index in [1.165, 1.54) is 10.9 Å². The molecule has 1 saturated heterocycles. The fourth-order valence-corrected chi connectivity index (χ4v) is 5.81. The minimum atomic E-state index is -0.626. The molecule has 33 heavy (non-hydrogen) atoms. The number of aliphatic hydroxyl groups is 1. The van der Waals surface area contributed by atoms with Crippen molar-refractivity contribution in [3.8, 4) is 5.75 Å². The molecule has 0 aliphatic carbocycles. The molecule has 4 aromatic rings. The number of aromatic nitrogens is 1. The Morgan fingerprint density at radius 3 is 2.85 bits per heavy atom. The summed E-state index contributed by atoms with van der Waals surface area (Å²) >= 11 is 1.68. The number of thiophene rings is 1. The molecule has 1 fully saturated rings. The summed E-state index contributed by atoms with van der Waals surface area (Å²) in [5.74, 6) is 0.363. The van der Waals surface area contributed by atoms with Crippen LogP contribution in [0.1, 0.15) is 34.1 Å². The summed E-state index contributed by atoms with van der Waals surface area (Å²) in [6.07, 6.45) is 1.40. The van der Waals surface area contributed by atoms with Crippen LogP contribution >= 0.6 is 11.3 Å². The number of H-pyrrole nitrogens is 1. The van der Waals surface area contributed by atoms with Gasteiger partial charge < -0.3 is 25.5 Å². The van der Waals surface area contributed by atoms with E-state index in [4.69, 9.17) is 10.5 Å². The van der Waals surface area contributed by atoms with Gasteiger partial charge >= 0.3 is 0 Å². The molecular weight excluding hydrogens is 441 g/mol. The maximum Gasteiger partial charge on any atom is 0.265 e. The third-order valence-electron chi connectivity index (χ3n) is 6.28. The third kappa shape index (κ3) is 4.73. The number of primary amides is 1. The van der Waals surface area contributed by atoms with Crippen LogP contribution in [0.25, 0.3) is 21.0 Å². The Bertz CT molecular complexity index is 1290. The van der Waals surface area contributed by atoms with Gasteiger partial charge in [0.1, 0.15) is 30.0 Å². The number of halogens is 1. The number of nitrogens with zero attached hydrogens (tertiary/aromatic N) is 1. The minimum absolute atomic E-state index is 0.165. The van der Waals surface area contributed by atoms with Crippen LogP contribution in [0.3, 0.4) is 0 Å². The summed E-state index contributed by atoms with van der Waals surface area (Å²) in [6, 6.07) is 14.3. The molecule has 1 atom stereocenters. The van der Waals surface area contributed by atoms with Gasteiger partial charge in [-0.05, 0) is 73.6 Å². The van der Waals surface area contributed by atoms with E-state index < -0.39 is 12.0 Å². The Morgan fingerprint density at radius 2 is 2.06 bits per heavy atom. The summed E-state index contributed by atoms with van der Waals surface area (Å²) in [6.45, 7) is 2.51. The molecule has 3 heterocycles. The van der Waals surface area contributed by atoms with Gasteiger partial charge in [0.15, 0.2) is 0 Å². The van der Waals surface area contributed by atoms with Gasteiger partial charge in [-0.3, -0.25) is 4.79 Å². The first-order valence-corrected chi connectivity index (χ1v) is 11.9. The maximum absolute atomic E-state index is 13.5. The van der Waals surface area contributed by atoms with Crippen molar-refractivity contribution in [3.63, 3.8) is 0 Å². The molecule has 172 valence electrons. The lowest BCUT2D eigenvalue weighted by Crippen LogP contribution is -2.40. The molecule has 4 N–H and O–H groups in total. The molecule has 1 aliphatic rings. The standard InChI is InChI=1S/C25H26FN3O3S/c26-17-5-4-16-10-23(33-24(16)11-17)15-6-8-29(9-7-15)13-18(30)14-32-22-3-1-2-20-19(22)12-21(28-20)25(27)31/h1-5,10-12,15,18,28,30H,6-9,13-14H2,(H2,27,31)/t18-/m0/s1. The highest BCUT2D eigenvalue weighted by molar-refractivity contribution is 7.19. The third-order valence-corrected chi connectivity index (χ3v) is 7.54. The van der Waals surface area contributed by atoms with E-state index in [2.05, 4.69) is 16.0 Å². The van der Waals surface area contributed by atoms with Crippen LogP contribution in [0.2, 0.25) is 0 Å². The molecule has 5 rings (SSSR count). The van der Waals surface area contributed by atoms with Crippen molar-refractivity contribution in [2.75, 3.05) is 26.2 Å². The lowest BCUT2D eigenvalue weighted by atomic mass is 9.95. The van der Waals surface area contributed by atoms with Gasteiger partial charge in [0, 0.05) is 27.0 Å². The average Bonchev–Trinajstić information content (AvgIpc) is 3.42. The van der Waals surface area contributed by atoms with Crippen LogP contribution in [-0.2, 0) is 0 Å². The number of nitrogens with one attached hydrogen (secondary N) is 1. The Hall–Kier alpha value is -2.94. The summed E-state index contributed by atoms with van der Waals surface area (Å²) < 4.78 is 20.4. The number of rotatable bonds is 7. The molecule has 0 spiro atoms. The van der Waals surface area contributed by atoms with E-state index in [1.54, 1.807) is 23.5 Å². The lowest BCUT2D eigenvalue weighted by molar-refractivity contribution is 0.0600. The van der Waals surface area contributed by atoms with Crippen LogP contribution in [0.15, 0.2) is 48.5 Å². The monoisotopic (exact) mass is 467 g/mol. The van der Waals surface area contributed by atoms with Crippen LogP contribution < -0.4 is 10.5 Å². The number of carbonyl (C=O) groups is 1. The number of aromatic amines is 1. The Morgan fingerprint density at radius 1 is 1.24 bits per heavy atom. The van der Waals surface area contributed by atoms with E-state index in [1.807, 2.05) is 24.3 Å².